The first kappa shape index (κ1) is 40.6. The van der Waals surface area contributed by atoms with Crippen molar-refractivity contribution in [3.05, 3.63) is 49.1 Å². The fraction of sp³-hybridized carbons (Fsp3) is 0.808. The first-order valence-electron chi connectivity index (χ1n) is 25.3. The van der Waals surface area contributed by atoms with Gasteiger partial charge in [0, 0.05) is 31.5 Å². The van der Waals surface area contributed by atoms with Crippen LogP contribution in [0.2, 0.25) is 0 Å². The molecular formula is C52H84N2P2+4. The lowest BCUT2D eigenvalue weighted by atomic mass is 9.79. The molecule has 0 amide bonds. The Morgan fingerprint density at radius 1 is 0.393 bits per heavy atom. The zero-order valence-electron chi connectivity index (χ0n) is 36.5. The van der Waals surface area contributed by atoms with Crippen LogP contribution in [0.1, 0.15) is 212 Å². The minimum absolute atomic E-state index is 0.374. The Kier molecular flexibility index (Phi) is 12.8. The molecule has 0 N–H and O–H groups in total. The fourth-order valence-electron chi connectivity index (χ4n) is 16.9. The number of aromatic nitrogens is 2. The highest BCUT2D eigenvalue weighted by Gasteiger charge is 2.86. The molecule has 9 rings (SSSR count). The molecule has 0 aliphatic heterocycles. The molecule has 7 saturated carbocycles. The predicted molar refractivity (Wildman–Crippen MR) is 244 cm³/mol. The van der Waals surface area contributed by atoms with Gasteiger partial charge < -0.3 is 0 Å². The summed E-state index contributed by atoms with van der Waals surface area (Å²) in [5.41, 5.74) is 9.15. The Hall–Kier alpha value is -0.840. The maximum Gasteiger partial charge on any atom is 0.273 e. The van der Waals surface area contributed by atoms with E-state index < -0.39 is 14.5 Å². The lowest BCUT2D eigenvalue weighted by Crippen LogP contribution is -2.74. The van der Waals surface area contributed by atoms with Gasteiger partial charge >= 0.3 is 0 Å². The highest BCUT2D eigenvalue weighted by Crippen LogP contribution is 2.96. The molecule has 2 aromatic rings. The summed E-state index contributed by atoms with van der Waals surface area (Å²) in [4.78, 5) is 0. The Morgan fingerprint density at radius 3 is 0.964 bits per heavy atom. The summed E-state index contributed by atoms with van der Waals surface area (Å²) in [6.07, 6.45) is 59.7. The Morgan fingerprint density at radius 2 is 0.661 bits per heavy atom. The van der Waals surface area contributed by atoms with Crippen molar-refractivity contribution in [2.45, 2.75) is 257 Å². The van der Waals surface area contributed by atoms with E-state index in [0.717, 1.165) is 34.0 Å². The van der Waals surface area contributed by atoms with Crippen LogP contribution in [0.15, 0.2) is 49.1 Å². The summed E-state index contributed by atoms with van der Waals surface area (Å²) in [6, 6.07) is 9.87. The van der Waals surface area contributed by atoms with Crippen LogP contribution in [0.5, 0.6) is 0 Å². The van der Waals surface area contributed by atoms with E-state index in [-0.39, 0.29) is 0 Å². The van der Waals surface area contributed by atoms with E-state index in [9.17, 15) is 0 Å². The molecule has 7 fully saturated rings. The van der Waals surface area contributed by atoms with Gasteiger partial charge in [-0.25, -0.2) is 4.57 Å². The molecule has 0 unspecified atom stereocenters. The van der Waals surface area contributed by atoms with Crippen LogP contribution < -0.4 is 9.13 Å². The molecule has 0 saturated heterocycles. The van der Waals surface area contributed by atoms with Gasteiger partial charge in [0.1, 0.15) is 7.05 Å². The minimum Gasteiger partial charge on any atom is -0.208 e. The number of hydrogen-bond donors (Lipinski definition) is 0. The van der Waals surface area contributed by atoms with Crippen molar-refractivity contribution in [2.75, 3.05) is 0 Å². The summed E-state index contributed by atoms with van der Waals surface area (Å²) in [7, 11) is -0.600. The molecule has 0 aromatic carbocycles. The number of hydrogen-bond acceptors (Lipinski definition) is 0. The second-order valence-electron chi connectivity index (χ2n) is 21.5. The Bertz CT molecular complexity index is 1430. The Balaban J connectivity index is 1.24. The van der Waals surface area contributed by atoms with E-state index in [4.69, 9.17) is 0 Å². The third kappa shape index (κ3) is 7.06. The quantitative estimate of drug-likeness (QED) is 0.167. The molecule has 0 radical (unpaired) electrons. The summed E-state index contributed by atoms with van der Waals surface area (Å²) < 4.78 is 5.29. The van der Waals surface area contributed by atoms with Crippen LogP contribution in [0.3, 0.4) is 0 Å². The van der Waals surface area contributed by atoms with E-state index in [1.165, 1.54) is 88.2 Å². The van der Waals surface area contributed by atoms with Crippen LogP contribution in [0.25, 0.3) is 11.1 Å². The molecule has 4 heteroatoms. The summed E-state index contributed by atoms with van der Waals surface area (Å²) in [5, 5.41) is 0.945. The second-order valence-corrected chi connectivity index (χ2v) is 31.1. The molecule has 2 aromatic heterocycles. The molecule has 0 spiro atoms. The zero-order chi connectivity index (χ0) is 38.1. The molecule has 7 aliphatic carbocycles. The van der Waals surface area contributed by atoms with Gasteiger partial charge in [0.05, 0.1) is 59.2 Å². The number of aryl methyl sites for hydroxylation is 1. The molecule has 2 nitrogen and oxygen atoms in total. The van der Waals surface area contributed by atoms with E-state index in [1.807, 2.05) is 0 Å². The second kappa shape index (κ2) is 17.6. The highest BCUT2D eigenvalue weighted by molar-refractivity contribution is 7.81. The normalized spacial score (nSPS) is 30.6. The van der Waals surface area contributed by atoms with E-state index in [0.29, 0.717) is 10.4 Å². The molecular weight excluding hydrogens is 715 g/mol. The molecule has 7 aliphatic rings. The van der Waals surface area contributed by atoms with Gasteiger partial charge in [0.15, 0.2) is 24.8 Å². The summed E-state index contributed by atoms with van der Waals surface area (Å²) in [5.74, 6) is 0. The fourth-order valence-corrected chi connectivity index (χ4v) is 35.5. The lowest BCUT2D eigenvalue weighted by Gasteiger charge is -2.66. The van der Waals surface area contributed by atoms with Crippen molar-refractivity contribution >= 4 is 14.5 Å². The largest absolute Gasteiger partial charge is 0.273 e. The van der Waals surface area contributed by atoms with Crippen molar-refractivity contribution in [3.63, 3.8) is 0 Å². The Labute approximate surface area is 346 Å². The van der Waals surface area contributed by atoms with Crippen LogP contribution in [0, 0.1) is 0 Å². The molecule has 56 heavy (non-hydrogen) atoms. The van der Waals surface area contributed by atoms with Crippen molar-refractivity contribution in [3.8, 4) is 11.1 Å². The molecule has 0 atom stereocenters. The van der Waals surface area contributed by atoms with Crippen LogP contribution in [0.4, 0.5) is 0 Å². The predicted octanol–water partition coefficient (Wildman–Crippen LogP) is 14.7. The lowest BCUT2D eigenvalue weighted by molar-refractivity contribution is -0.754. The first-order chi connectivity index (χ1) is 27.5. The number of rotatable bonds is 10. The van der Waals surface area contributed by atoms with Gasteiger partial charge in [-0.1, -0.05) is 38.5 Å². The zero-order valence-corrected chi connectivity index (χ0v) is 38.3. The SMILES string of the molecule is C[n+]1ccc(-c2cc[n+](C3([P+](C4CCCCC4)(C4CCCCC4)C4CCCCC4)CC(C)([P+](C4CCCCC4)(C4CCCCC4)C4CCCCC4)C3)cc2)cc1. The average Bonchev–Trinajstić information content (AvgIpc) is 3.26. The van der Waals surface area contributed by atoms with Gasteiger partial charge in [0.25, 0.3) is 5.28 Å². The topological polar surface area (TPSA) is 7.76 Å². The van der Waals surface area contributed by atoms with Crippen molar-refractivity contribution in [1.29, 1.82) is 0 Å². The van der Waals surface area contributed by atoms with Crippen LogP contribution >= 0.6 is 14.5 Å². The van der Waals surface area contributed by atoms with Crippen LogP contribution in [-0.2, 0) is 12.3 Å². The third-order valence-electron chi connectivity index (χ3n) is 18.7. The summed E-state index contributed by atoms with van der Waals surface area (Å²) >= 11 is 0. The van der Waals surface area contributed by atoms with E-state index in [1.54, 1.807) is 128 Å². The smallest absolute Gasteiger partial charge is 0.208 e. The van der Waals surface area contributed by atoms with Gasteiger partial charge in [0.2, 0.25) is 0 Å². The van der Waals surface area contributed by atoms with Crippen molar-refractivity contribution in [2.24, 2.45) is 7.05 Å². The van der Waals surface area contributed by atoms with Gasteiger partial charge in [-0.3, -0.25) is 0 Å². The van der Waals surface area contributed by atoms with Crippen molar-refractivity contribution in [1.82, 2.24) is 0 Å². The maximum absolute atomic E-state index is 3.10. The van der Waals surface area contributed by atoms with E-state index in [2.05, 4.69) is 72.2 Å². The van der Waals surface area contributed by atoms with Crippen molar-refractivity contribution < 1.29 is 9.13 Å². The maximum atomic E-state index is 3.10. The molecule has 0 bridgehead atoms. The summed E-state index contributed by atoms with van der Waals surface area (Å²) in [6.45, 7) is 3.08. The van der Waals surface area contributed by atoms with Gasteiger partial charge in [-0.05, 0) is 172 Å². The van der Waals surface area contributed by atoms with Gasteiger partial charge in [-0.15, -0.1) is 0 Å². The third-order valence-corrected chi connectivity index (χ3v) is 33.2. The van der Waals surface area contributed by atoms with Crippen LogP contribution in [-0.4, -0.2) is 39.1 Å². The molecule has 308 valence electrons. The first-order valence-corrected chi connectivity index (χ1v) is 29.2. The highest BCUT2D eigenvalue weighted by atomic mass is 31.2. The minimum atomic E-state index is -1.47. The number of nitrogens with zero attached hydrogens (tertiary/aromatic N) is 2. The van der Waals surface area contributed by atoms with Gasteiger partial charge in [-0.2, -0.15) is 4.57 Å². The average molecular weight is 799 g/mol. The van der Waals surface area contributed by atoms with E-state index >= 15 is 0 Å². The monoisotopic (exact) mass is 799 g/mol. The molecule has 2 heterocycles. The number of pyridine rings is 2. The standard InChI is InChI=1S/C52H84N2P2/c1-51(55(45-21-9-3-10-22-45,46-23-11-4-12-24-46)47-25-13-5-14-26-47)41-52(42-51,54-39-35-44(36-40-54)43-33-37-53(2)38-34-43)56(48-27-15-6-16-28-48,49-29-17-7-18-30-49)50-31-19-8-20-32-50/h33-40,45-50H,3-32,41-42H2,1-2H3/q+4.